The van der Waals surface area contributed by atoms with Crippen molar-refractivity contribution in [1.29, 1.82) is 0 Å². The van der Waals surface area contributed by atoms with Crippen molar-refractivity contribution in [1.82, 2.24) is 4.98 Å². The predicted molar refractivity (Wildman–Crippen MR) is 551 cm³/mol. The molecule has 0 atom stereocenters. The van der Waals surface area contributed by atoms with Crippen LogP contribution in [0, 0.1) is 24.0 Å². The van der Waals surface area contributed by atoms with E-state index in [1.165, 1.54) is 111 Å². The van der Waals surface area contributed by atoms with E-state index in [4.69, 9.17) is 0 Å². The molecule has 0 amide bonds. The van der Waals surface area contributed by atoms with E-state index in [2.05, 4.69) is 506 Å². The molecule has 22 aromatic rings. The van der Waals surface area contributed by atoms with Gasteiger partial charge in [-0.15, -0.1) is 59.7 Å². The molecule has 21 aromatic carbocycles. The number of alkyl halides is 3. The van der Waals surface area contributed by atoms with E-state index < -0.39 is 17.6 Å². The average Bonchev–Trinajstić information content (AvgIpc) is 0.722. The van der Waals surface area contributed by atoms with E-state index in [1.54, 1.807) is 0 Å². The van der Waals surface area contributed by atoms with Crippen LogP contribution < -0.4 is 19.6 Å². The standard InChI is InChI=1S/C54H38N2.C38H28N2.C19H18N.C13H6F4.2Ir/c1-5-13-45-35-51(31-23-41(45)9-1)55(52-32-24-42-10-2-6-14-46(42)36-52)49-27-19-39(20-28-49)17-18-40-21-29-50(30-22-40)56(53-33-25-43-11-3-7-15-47(43)37-53)54-34-26-44-12-4-8-16-48(44)38-54;1-5-17-29(18-6-1)39(30-19-7-2-8-20-30)37-33-25-13-15-27-35(33)38(36-28-16-14-26-34(36)37)40(31-21-9-3-10-22-31)32-23-11-4-12-24-32;1-19(2,3)16-10-8-15(9-11-16)18-17-7-5-4-6-14(17)12-13-20-18;14-12-7-3-10(4-8-12)9-1-5-11(6-2-9)13(15,16)17;;/h1-38H;1-28H;4-8,10-13H,1-3H3;1,3,5-8H;;/q;;-1;-2;;/b18-17+;;;;;. The van der Waals surface area contributed by atoms with Crippen molar-refractivity contribution < 1.29 is 57.8 Å². The zero-order valence-corrected chi connectivity index (χ0v) is 79.0. The fourth-order valence-electron chi connectivity index (χ4n) is 17.2. The van der Waals surface area contributed by atoms with Crippen molar-refractivity contribution in [2.24, 2.45) is 0 Å². The third-order valence-electron chi connectivity index (χ3n) is 23.9. The Morgan fingerprint density at radius 2 is 0.526 bits per heavy atom. The molecule has 0 bridgehead atoms. The molecular formula is C124H90F4Ir2N5-3. The second-order valence-electron chi connectivity index (χ2n) is 33.6. The molecule has 0 aliphatic rings. The fraction of sp³-hybridized carbons (Fsp3) is 0.0403. The molecule has 0 saturated heterocycles. The number of para-hydroxylation sites is 4. The van der Waals surface area contributed by atoms with Crippen LogP contribution >= 0.6 is 0 Å². The van der Waals surface area contributed by atoms with E-state index in [1.807, 2.05) is 12.3 Å². The van der Waals surface area contributed by atoms with Gasteiger partial charge in [-0.3, -0.25) is 4.39 Å². The van der Waals surface area contributed by atoms with Gasteiger partial charge in [-0.2, -0.15) is 37.4 Å². The first-order chi connectivity index (χ1) is 65.1. The number of rotatable bonds is 16. The van der Waals surface area contributed by atoms with Crippen LogP contribution in [0.15, 0.2) is 479 Å². The van der Waals surface area contributed by atoms with E-state index in [0.29, 0.717) is 11.1 Å². The summed E-state index contributed by atoms with van der Waals surface area (Å²) in [4.78, 5) is 14.0. The zero-order valence-electron chi connectivity index (χ0n) is 74.2. The second-order valence-corrected chi connectivity index (χ2v) is 33.6. The monoisotopic (exact) mass is 2110 g/mol. The Kier molecular flexibility index (Phi) is 28.1. The van der Waals surface area contributed by atoms with Crippen LogP contribution in [0.2, 0.25) is 0 Å². The quantitative estimate of drug-likeness (QED) is 0.0316. The summed E-state index contributed by atoms with van der Waals surface area (Å²) in [6, 6.07) is 171. The van der Waals surface area contributed by atoms with E-state index >= 15 is 0 Å². The molecule has 135 heavy (non-hydrogen) atoms. The maximum Gasteiger partial charge on any atom is 0.381 e. The Labute approximate surface area is 812 Å². The Balaban J connectivity index is 0.000000138. The summed E-state index contributed by atoms with van der Waals surface area (Å²) in [6.45, 7) is 6.64. The number of pyridine rings is 1. The molecule has 0 aliphatic heterocycles. The third kappa shape index (κ3) is 20.8. The topological polar surface area (TPSA) is 25.9 Å². The Morgan fingerprint density at radius 3 is 0.844 bits per heavy atom. The van der Waals surface area contributed by atoms with Crippen molar-refractivity contribution >= 4 is 156 Å². The molecule has 0 aliphatic carbocycles. The number of aromatic nitrogens is 1. The zero-order chi connectivity index (χ0) is 90.6. The number of nitrogens with zero attached hydrogens (tertiary/aromatic N) is 5. The summed E-state index contributed by atoms with van der Waals surface area (Å²) in [5, 5.41) is 17.0. The minimum Gasteiger partial charge on any atom is -0.310 e. The largest absolute Gasteiger partial charge is 0.381 e. The summed E-state index contributed by atoms with van der Waals surface area (Å²) in [5.74, 6) is -0.444. The minimum absolute atomic E-state index is 0. The van der Waals surface area contributed by atoms with Crippen LogP contribution in [-0.2, 0) is 51.8 Å². The summed E-state index contributed by atoms with van der Waals surface area (Å²) in [5.41, 5.74) is 19.6. The summed E-state index contributed by atoms with van der Waals surface area (Å²) >= 11 is 0. The van der Waals surface area contributed by atoms with Gasteiger partial charge in [0.05, 0.1) is 11.4 Å². The molecule has 5 nitrogen and oxygen atoms in total. The van der Waals surface area contributed by atoms with Gasteiger partial charge >= 0.3 is 6.18 Å². The van der Waals surface area contributed by atoms with Crippen molar-refractivity contribution in [3.63, 3.8) is 0 Å². The molecule has 0 fully saturated rings. The Bertz CT molecular complexity index is 7190. The van der Waals surface area contributed by atoms with Gasteiger partial charge in [0, 0.05) is 131 Å². The smallest absolute Gasteiger partial charge is 0.310 e. The van der Waals surface area contributed by atoms with Gasteiger partial charge in [-0.05, 0) is 209 Å². The van der Waals surface area contributed by atoms with E-state index in [-0.39, 0.29) is 45.6 Å². The minimum atomic E-state index is -4.37. The van der Waals surface area contributed by atoms with Gasteiger partial charge in [0.25, 0.3) is 0 Å². The first-order valence-corrected chi connectivity index (χ1v) is 44.4. The number of fused-ring (bicyclic) bond motifs is 7. The molecule has 2 radical (unpaired) electrons. The second kappa shape index (κ2) is 41.6. The third-order valence-corrected chi connectivity index (χ3v) is 23.9. The SMILES string of the molecule is C(=C\c1ccc(N(c2ccc3ccccc3c2)c2ccc3ccccc3c2)cc1)/c1ccc(N(c2ccc3ccccc3c2)c2ccc3ccccc3c2)cc1.CC(C)(C)c1c[c-]c(-c2nccc3ccccc23)cc1.Fc1c[c-]c(-c2[c-]cc(C(F)(F)F)cc2)cc1.[Ir].[Ir].c1ccc(N(c2ccccc2)c2c3ccccc3c(N(c3ccccc3)c3ccccc3)c3ccccc23)cc1. The first-order valence-electron chi connectivity index (χ1n) is 44.4. The molecule has 1 heterocycles. The number of anilines is 12. The van der Waals surface area contributed by atoms with Crippen LogP contribution in [0.5, 0.6) is 0 Å². The normalized spacial score (nSPS) is 11.2. The van der Waals surface area contributed by atoms with Crippen LogP contribution in [0.25, 0.3) is 110 Å². The van der Waals surface area contributed by atoms with Crippen molar-refractivity contribution in [3.8, 4) is 22.4 Å². The van der Waals surface area contributed by atoms with Crippen LogP contribution in [0.3, 0.4) is 0 Å². The maximum absolute atomic E-state index is 12.6. The average molecular weight is 2110 g/mol. The molecule has 22 rings (SSSR count). The van der Waals surface area contributed by atoms with Crippen LogP contribution in [0.1, 0.15) is 43.0 Å². The molecule has 0 spiro atoms. The summed E-state index contributed by atoms with van der Waals surface area (Å²) in [7, 11) is 0. The van der Waals surface area contributed by atoms with Crippen molar-refractivity contribution in [3.05, 3.63) is 526 Å². The summed E-state index contributed by atoms with van der Waals surface area (Å²) in [6.07, 6.45) is 1.88. The maximum atomic E-state index is 12.6. The van der Waals surface area contributed by atoms with E-state index in [9.17, 15) is 17.6 Å². The van der Waals surface area contributed by atoms with Gasteiger partial charge in [0.1, 0.15) is 0 Å². The number of benzene rings is 21. The molecule has 11 heteroatoms. The summed E-state index contributed by atoms with van der Waals surface area (Å²) < 4.78 is 49.5. The predicted octanol–water partition coefficient (Wildman–Crippen LogP) is 35.4. The molecule has 660 valence electrons. The van der Waals surface area contributed by atoms with E-state index in [0.717, 1.165) is 97.5 Å². The van der Waals surface area contributed by atoms with Gasteiger partial charge < -0.3 is 24.6 Å². The Morgan fingerprint density at radius 1 is 0.244 bits per heavy atom. The Hall–Kier alpha value is -15.5. The molecule has 0 unspecified atom stereocenters. The van der Waals surface area contributed by atoms with Gasteiger partial charge in [-0.25, -0.2) is 11.1 Å². The molecule has 1 aromatic heterocycles. The van der Waals surface area contributed by atoms with Gasteiger partial charge in [-0.1, -0.05) is 324 Å². The van der Waals surface area contributed by atoms with Gasteiger partial charge in [0.15, 0.2) is 0 Å². The number of hydrogen-bond acceptors (Lipinski definition) is 5. The number of halogens is 4. The molecular weight excluding hydrogens is 2020 g/mol. The molecule has 0 saturated carbocycles. The molecule has 0 N–H and O–H groups in total. The van der Waals surface area contributed by atoms with Crippen molar-refractivity contribution in [2.75, 3.05) is 19.6 Å². The van der Waals surface area contributed by atoms with Crippen molar-refractivity contribution in [2.45, 2.75) is 32.4 Å². The van der Waals surface area contributed by atoms with Gasteiger partial charge in [0.2, 0.25) is 0 Å². The number of hydrogen-bond donors (Lipinski definition) is 0. The first kappa shape index (κ1) is 91.4. The fourth-order valence-corrected chi connectivity index (χ4v) is 17.2. The van der Waals surface area contributed by atoms with Crippen LogP contribution in [-0.4, -0.2) is 4.98 Å². The van der Waals surface area contributed by atoms with Crippen LogP contribution in [0.4, 0.5) is 85.8 Å².